The van der Waals surface area contributed by atoms with Crippen molar-refractivity contribution >= 4 is 23.2 Å². The number of halogens is 1. The molecule has 1 aliphatic heterocycles. The first-order valence-corrected chi connectivity index (χ1v) is 12.0. The van der Waals surface area contributed by atoms with Gasteiger partial charge in [0.05, 0.1) is 12.6 Å². The van der Waals surface area contributed by atoms with Crippen molar-refractivity contribution in [2.75, 3.05) is 40.0 Å². The second-order valence-electron chi connectivity index (χ2n) is 8.01. The van der Waals surface area contributed by atoms with E-state index >= 15 is 0 Å². The van der Waals surface area contributed by atoms with Gasteiger partial charge in [-0.05, 0) is 53.8 Å². The second-order valence-corrected chi connectivity index (χ2v) is 9.01. The largest absolute Gasteiger partial charge is 0.491 e. The highest BCUT2D eigenvalue weighted by Gasteiger charge is 2.33. The van der Waals surface area contributed by atoms with Crippen molar-refractivity contribution in [3.8, 4) is 5.75 Å². The first-order chi connectivity index (χ1) is 16.6. The molecule has 0 aliphatic carbocycles. The number of hydrogen-bond donors (Lipinski definition) is 0. The fourth-order valence-electron chi connectivity index (χ4n) is 4.08. The number of carbonyl (C=O) groups excluding carboxylic acids is 2. The summed E-state index contributed by atoms with van der Waals surface area (Å²) in [5.74, 6) is -0.349. The van der Waals surface area contributed by atoms with Gasteiger partial charge in [0.2, 0.25) is 5.91 Å². The first-order valence-electron chi connectivity index (χ1n) is 11.1. The van der Waals surface area contributed by atoms with Crippen LogP contribution in [0, 0.1) is 5.82 Å². The summed E-state index contributed by atoms with van der Waals surface area (Å²) >= 11 is 1.68. The Morgan fingerprint density at radius 3 is 2.74 bits per heavy atom. The van der Waals surface area contributed by atoms with E-state index in [0.717, 1.165) is 17.7 Å². The van der Waals surface area contributed by atoms with Crippen LogP contribution in [0.15, 0.2) is 66.0 Å². The quantitative estimate of drug-likeness (QED) is 0.459. The van der Waals surface area contributed by atoms with E-state index in [1.807, 2.05) is 41.8 Å². The van der Waals surface area contributed by atoms with Crippen molar-refractivity contribution in [1.82, 2.24) is 9.80 Å². The molecule has 4 rings (SSSR count). The normalized spacial score (nSPS) is 15.0. The zero-order valence-corrected chi connectivity index (χ0v) is 19.8. The number of methoxy groups -OCH3 is 1. The van der Waals surface area contributed by atoms with E-state index in [9.17, 15) is 14.0 Å². The van der Waals surface area contributed by atoms with Gasteiger partial charge in [0, 0.05) is 30.6 Å². The molecule has 0 radical (unpaired) electrons. The van der Waals surface area contributed by atoms with E-state index < -0.39 is 11.7 Å². The van der Waals surface area contributed by atoms with Gasteiger partial charge in [-0.2, -0.15) is 0 Å². The lowest BCUT2D eigenvalue weighted by molar-refractivity contribution is -0.135. The van der Waals surface area contributed by atoms with Crippen molar-refractivity contribution in [2.45, 2.75) is 12.5 Å². The molecule has 2 aromatic carbocycles. The molecule has 0 N–H and O–H groups in total. The predicted octanol–water partition coefficient (Wildman–Crippen LogP) is 4.18. The van der Waals surface area contributed by atoms with Crippen LogP contribution in [-0.4, -0.2) is 61.6 Å². The van der Waals surface area contributed by atoms with Gasteiger partial charge in [0.25, 0.3) is 5.91 Å². The molecule has 0 fully saturated rings. The van der Waals surface area contributed by atoms with E-state index in [1.54, 1.807) is 22.3 Å². The summed E-state index contributed by atoms with van der Waals surface area (Å²) in [7, 11) is 1.53. The third-order valence-electron chi connectivity index (χ3n) is 5.82. The number of fused-ring (bicyclic) bond motifs is 1. The zero-order chi connectivity index (χ0) is 23.9. The van der Waals surface area contributed by atoms with Crippen LogP contribution in [0.5, 0.6) is 5.75 Å². The molecule has 1 aromatic heterocycles. The molecular weight excluding hydrogens is 455 g/mol. The highest BCUT2D eigenvalue weighted by molar-refractivity contribution is 7.10. The lowest BCUT2D eigenvalue weighted by Crippen LogP contribution is -2.48. The summed E-state index contributed by atoms with van der Waals surface area (Å²) in [5.41, 5.74) is 1.28. The Balaban J connectivity index is 1.52. The van der Waals surface area contributed by atoms with Crippen molar-refractivity contribution in [3.05, 3.63) is 87.9 Å². The average Bonchev–Trinajstić information content (AvgIpc) is 3.34. The number of ether oxygens (including phenoxy) is 2. The molecule has 0 saturated heterocycles. The number of benzene rings is 2. The second kappa shape index (κ2) is 11.3. The van der Waals surface area contributed by atoms with Crippen LogP contribution in [0.25, 0.3) is 0 Å². The van der Waals surface area contributed by atoms with Crippen LogP contribution < -0.4 is 4.74 Å². The fourth-order valence-corrected chi connectivity index (χ4v) is 5.01. The summed E-state index contributed by atoms with van der Waals surface area (Å²) < 4.78 is 24.9. The Labute approximate surface area is 202 Å². The summed E-state index contributed by atoms with van der Waals surface area (Å²) in [6.45, 7) is 1.22. The van der Waals surface area contributed by atoms with Crippen molar-refractivity contribution in [1.29, 1.82) is 0 Å². The lowest BCUT2D eigenvalue weighted by atomic mass is 10.0. The van der Waals surface area contributed by atoms with E-state index in [2.05, 4.69) is 0 Å². The van der Waals surface area contributed by atoms with Gasteiger partial charge in [-0.15, -0.1) is 11.3 Å². The molecule has 0 saturated carbocycles. The fraction of sp³-hybridized carbons (Fsp3) is 0.308. The summed E-state index contributed by atoms with van der Waals surface area (Å²) in [6.07, 6.45) is 0.760. The number of hydrogen-bond acceptors (Lipinski definition) is 5. The minimum absolute atomic E-state index is 0.125. The van der Waals surface area contributed by atoms with E-state index in [0.29, 0.717) is 13.2 Å². The maximum Gasteiger partial charge on any atom is 0.254 e. The maximum atomic E-state index is 13.7. The van der Waals surface area contributed by atoms with Gasteiger partial charge in [-0.1, -0.05) is 24.3 Å². The molecule has 1 unspecified atom stereocenters. The Hall–Kier alpha value is -3.23. The van der Waals surface area contributed by atoms with Gasteiger partial charge in [-0.25, -0.2) is 4.39 Å². The van der Waals surface area contributed by atoms with Crippen LogP contribution in [0.3, 0.4) is 0 Å². The molecule has 8 heteroatoms. The molecule has 34 heavy (non-hydrogen) atoms. The zero-order valence-electron chi connectivity index (χ0n) is 19.0. The van der Waals surface area contributed by atoms with Crippen LogP contribution in [-0.2, 0) is 16.0 Å². The topological polar surface area (TPSA) is 59.1 Å². The van der Waals surface area contributed by atoms with Crippen LogP contribution in [0.2, 0.25) is 0 Å². The van der Waals surface area contributed by atoms with Crippen molar-refractivity contribution < 1.29 is 23.5 Å². The molecule has 3 aromatic rings. The van der Waals surface area contributed by atoms with Gasteiger partial charge in [-0.3, -0.25) is 9.59 Å². The Kier molecular flexibility index (Phi) is 7.92. The Morgan fingerprint density at radius 2 is 1.97 bits per heavy atom. The van der Waals surface area contributed by atoms with Crippen molar-refractivity contribution in [2.24, 2.45) is 0 Å². The van der Waals surface area contributed by atoms with Gasteiger partial charge >= 0.3 is 0 Å². The SMILES string of the molecule is COCCN(CC(=O)N1CCc2sccc2C1COc1ccccc1)C(=O)c1cccc(F)c1. The molecule has 1 aliphatic rings. The highest BCUT2D eigenvalue weighted by atomic mass is 32.1. The van der Waals surface area contributed by atoms with Gasteiger partial charge < -0.3 is 19.3 Å². The molecular formula is C26H27FN2O4S. The summed E-state index contributed by atoms with van der Waals surface area (Å²) in [5, 5.41) is 2.03. The highest BCUT2D eigenvalue weighted by Crippen LogP contribution is 2.34. The lowest BCUT2D eigenvalue weighted by Gasteiger charge is -2.37. The number of thiophene rings is 1. The third-order valence-corrected chi connectivity index (χ3v) is 6.81. The molecule has 6 nitrogen and oxygen atoms in total. The van der Waals surface area contributed by atoms with Crippen LogP contribution in [0.1, 0.15) is 26.8 Å². The number of para-hydroxylation sites is 1. The number of rotatable bonds is 9. The summed E-state index contributed by atoms with van der Waals surface area (Å²) in [6, 6.07) is 16.8. The summed E-state index contributed by atoms with van der Waals surface area (Å²) in [4.78, 5) is 31.0. The third kappa shape index (κ3) is 5.63. The van der Waals surface area contributed by atoms with Gasteiger partial charge in [0.1, 0.15) is 24.7 Å². The monoisotopic (exact) mass is 482 g/mol. The molecule has 2 amide bonds. The van der Waals surface area contributed by atoms with Gasteiger partial charge in [0.15, 0.2) is 0 Å². The smallest absolute Gasteiger partial charge is 0.254 e. The van der Waals surface area contributed by atoms with Crippen LogP contribution in [0.4, 0.5) is 4.39 Å². The molecule has 178 valence electrons. The first kappa shape index (κ1) is 23.9. The van der Waals surface area contributed by atoms with Crippen LogP contribution >= 0.6 is 11.3 Å². The molecule has 0 spiro atoms. The average molecular weight is 483 g/mol. The standard InChI is InChI=1S/C26H27FN2O4S/c1-32-14-13-28(26(31)19-6-5-7-20(27)16-19)17-25(30)29-12-10-24-22(11-15-34-24)23(29)18-33-21-8-3-2-4-9-21/h2-9,11,15-16,23H,10,12-14,17-18H2,1H3. The minimum Gasteiger partial charge on any atom is -0.491 e. The van der Waals surface area contributed by atoms with E-state index in [4.69, 9.17) is 9.47 Å². The molecule has 1 atom stereocenters. The minimum atomic E-state index is -0.497. The van der Waals surface area contributed by atoms with E-state index in [1.165, 1.54) is 35.1 Å². The number of carbonyl (C=O) groups is 2. The maximum absolute atomic E-state index is 13.7. The molecule has 0 bridgehead atoms. The predicted molar refractivity (Wildman–Crippen MR) is 129 cm³/mol. The Bertz CT molecular complexity index is 1120. The van der Waals surface area contributed by atoms with E-state index in [-0.39, 0.29) is 37.2 Å². The number of amides is 2. The molecule has 2 heterocycles. The number of nitrogens with zero attached hydrogens (tertiary/aromatic N) is 2. The Morgan fingerprint density at radius 1 is 1.15 bits per heavy atom. The van der Waals surface area contributed by atoms with Crippen molar-refractivity contribution in [3.63, 3.8) is 0 Å².